The summed E-state index contributed by atoms with van der Waals surface area (Å²) in [5, 5.41) is 3.49. The Bertz CT molecular complexity index is 652. The highest BCUT2D eigenvalue weighted by Gasteiger charge is 2.41. The van der Waals surface area contributed by atoms with Crippen LogP contribution in [-0.4, -0.2) is 21.8 Å². The van der Waals surface area contributed by atoms with Crippen LogP contribution in [0.25, 0.3) is 0 Å². The molecule has 100 valence electrons. The molecular weight excluding hydrogens is 250 g/mol. The average molecular weight is 265 g/mol. The molecule has 1 amide bonds. The second-order valence-electron chi connectivity index (χ2n) is 5.32. The molecule has 2 heterocycles. The van der Waals surface area contributed by atoms with Gasteiger partial charge in [-0.3, -0.25) is 9.78 Å². The maximum Gasteiger partial charge on any atom is 0.258 e. The number of benzene rings is 1. The van der Waals surface area contributed by atoms with E-state index >= 15 is 0 Å². The molecule has 1 atom stereocenters. The number of nitrogens with zero attached hydrogens (tertiary/aromatic N) is 2. The Morgan fingerprint density at radius 2 is 1.85 bits per heavy atom. The fourth-order valence-electron chi connectivity index (χ4n) is 2.79. The van der Waals surface area contributed by atoms with Gasteiger partial charge in [-0.2, -0.15) is 0 Å². The molecule has 1 aromatic heterocycles. The largest absolute Gasteiger partial charge is 0.361 e. The van der Waals surface area contributed by atoms with Crippen molar-refractivity contribution in [1.82, 2.24) is 9.88 Å². The second-order valence-corrected chi connectivity index (χ2v) is 5.32. The molecule has 0 bridgehead atoms. The number of rotatable bonds is 2. The molecule has 1 N–H and O–H groups in total. The Labute approximate surface area is 117 Å². The first-order valence-corrected chi connectivity index (χ1v) is 6.93. The lowest BCUT2D eigenvalue weighted by atomic mass is 10.0. The number of amides is 1. The lowest BCUT2D eigenvalue weighted by Gasteiger charge is -2.38. The maximum absolute atomic E-state index is 12.8. The van der Waals surface area contributed by atoms with Crippen LogP contribution in [-0.2, 0) is 0 Å². The molecule has 1 aliphatic carbocycles. The number of carbonyl (C=O) groups is 1. The fraction of sp³-hybridized carbons (Fsp3) is 0.250. The quantitative estimate of drug-likeness (QED) is 0.908. The van der Waals surface area contributed by atoms with Crippen LogP contribution >= 0.6 is 0 Å². The normalized spacial score (nSPS) is 21.3. The lowest BCUT2D eigenvalue weighted by molar-refractivity contribution is 0.0666. The van der Waals surface area contributed by atoms with Crippen LogP contribution in [0.4, 0.5) is 5.69 Å². The third-order valence-corrected chi connectivity index (χ3v) is 3.92. The molecule has 4 heteroatoms. The number of nitrogens with one attached hydrogen (secondary N) is 1. The van der Waals surface area contributed by atoms with E-state index in [1.54, 1.807) is 12.4 Å². The molecule has 1 fully saturated rings. The Morgan fingerprint density at radius 3 is 2.60 bits per heavy atom. The smallest absolute Gasteiger partial charge is 0.258 e. The summed E-state index contributed by atoms with van der Waals surface area (Å²) in [5.41, 5.74) is 2.76. The van der Waals surface area contributed by atoms with E-state index in [-0.39, 0.29) is 12.1 Å². The van der Waals surface area contributed by atoms with Gasteiger partial charge in [-0.1, -0.05) is 12.1 Å². The van der Waals surface area contributed by atoms with Crippen LogP contribution in [0.1, 0.15) is 34.9 Å². The number of anilines is 1. The molecule has 0 spiro atoms. The maximum atomic E-state index is 12.8. The predicted molar refractivity (Wildman–Crippen MR) is 76.2 cm³/mol. The summed E-state index contributed by atoms with van der Waals surface area (Å²) in [6.07, 6.45) is 5.64. The lowest BCUT2D eigenvalue weighted by Crippen LogP contribution is -2.44. The molecule has 1 aliphatic heterocycles. The van der Waals surface area contributed by atoms with Gasteiger partial charge in [0.1, 0.15) is 6.17 Å². The highest BCUT2D eigenvalue weighted by molar-refractivity contribution is 6.02. The van der Waals surface area contributed by atoms with Crippen LogP contribution in [0, 0.1) is 0 Å². The fourth-order valence-corrected chi connectivity index (χ4v) is 2.79. The van der Waals surface area contributed by atoms with E-state index in [1.807, 2.05) is 41.3 Å². The van der Waals surface area contributed by atoms with Gasteiger partial charge in [0.05, 0.1) is 5.56 Å². The molecule has 0 unspecified atom stereocenters. The van der Waals surface area contributed by atoms with E-state index < -0.39 is 0 Å². The molecule has 4 nitrogen and oxygen atoms in total. The minimum Gasteiger partial charge on any atom is -0.361 e. The van der Waals surface area contributed by atoms with Gasteiger partial charge in [-0.25, -0.2) is 0 Å². The summed E-state index contributed by atoms with van der Waals surface area (Å²) < 4.78 is 0. The SMILES string of the molecule is O=C1c2ccccc2N[C@@H](c2ccncc2)N1C1CC1. The Hall–Kier alpha value is -2.36. The van der Waals surface area contributed by atoms with Gasteiger partial charge < -0.3 is 10.2 Å². The third-order valence-electron chi connectivity index (χ3n) is 3.92. The van der Waals surface area contributed by atoms with Crippen molar-refractivity contribution in [1.29, 1.82) is 0 Å². The molecule has 2 aromatic rings. The summed E-state index contributed by atoms with van der Waals surface area (Å²) >= 11 is 0. The van der Waals surface area contributed by atoms with E-state index in [2.05, 4.69) is 10.3 Å². The van der Waals surface area contributed by atoms with E-state index in [1.165, 1.54) is 0 Å². The highest BCUT2D eigenvalue weighted by Crippen LogP contribution is 2.40. The third kappa shape index (κ3) is 1.76. The number of hydrogen-bond donors (Lipinski definition) is 1. The Kier molecular flexibility index (Phi) is 2.49. The van der Waals surface area contributed by atoms with Gasteiger partial charge in [0.25, 0.3) is 5.91 Å². The number of para-hydroxylation sites is 1. The Balaban J connectivity index is 1.80. The van der Waals surface area contributed by atoms with Crippen LogP contribution in [0.3, 0.4) is 0 Å². The number of hydrogen-bond acceptors (Lipinski definition) is 3. The van der Waals surface area contributed by atoms with Crippen molar-refractivity contribution < 1.29 is 4.79 Å². The monoisotopic (exact) mass is 265 g/mol. The van der Waals surface area contributed by atoms with Crippen LogP contribution in [0.2, 0.25) is 0 Å². The van der Waals surface area contributed by atoms with Crippen LogP contribution < -0.4 is 5.32 Å². The highest BCUT2D eigenvalue weighted by atomic mass is 16.2. The summed E-state index contributed by atoms with van der Waals surface area (Å²) in [7, 11) is 0. The van der Waals surface area contributed by atoms with Gasteiger partial charge in [-0.15, -0.1) is 0 Å². The van der Waals surface area contributed by atoms with Gasteiger partial charge >= 0.3 is 0 Å². The first kappa shape index (κ1) is 11.5. The van der Waals surface area contributed by atoms with E-state index in [0.29, 0.717) is 6.04 Å². The van der Waals surface area contributed by atoms with Crippen LogP contribution in [0.5, 0.6) is 0 Å². The van der Waals surface area contributed by atoms with Crippen molar-refractivity contribution >= 4 is 11.6 Å². The standard InChI is InChI=1S/C16H15N3O/c20-16-13-3-1-2-4-14(13)18-15(19(16)12-5-6-12)11-7-9-17-10-8-11/h1-4,7-10,12,15,18H,5-6H2/t15-/m1/s1. The van der Waals surface area contributed by atoms with Gasteiger partial charge in [0.2, 0.25) is 0 Å². The van der Waals surface area contributed by atoms with E-state index in [0.717, 1.165) is 29.7 Å². The van der Waals surface area contributed by atoms with Crippen molar-refractivity contribution in [2.24, 2.45) is 0 Å². The van der Waals surface area contributed by atoms with Gasteiger partial charge in [0, 0.05) is 24.1 Å². The van der Waals surface area contributed by atoms with Gasteiger partial charge in [0.15, 0.2) is 0 Å². The minimum absolute atomic E-state index is 0.0899. The van der Waals surface area contributed by atoms with Crippen molar-refractivity contribution in [3.8, 4) is 0 Å². The second kappa shape index (κ2) is 4.34. The first-order chi connectivity index (χ1) is 9.84. The summed E-state index contributed by atoms with van der Waals surface area (Å²) in [5.74, 6) is 0.128. The number of pyridine rings is 1. The summed E-state index contributed by atoms with van der Waals surface area (Å²) in [6.45, 7) is 0. The van der Waals surface area contributed by atoms with E-state index in [4.69, 9.17) is 0 Å². The van der Waals surface area contributed by atoms with Crippen molar-refractivity contribution in [3.05, 3.63) is 59.9 Å². The zero-order valence-corrected chi connectivity index (χ0v) is 11.0. The number of carbonyl (C=O) groups excluding carboxylic acids is 1. The zero-order chi connectivity index (χ0) is 13.5. The topological polar surface area (TPSA) is 45.2 Å². The Morgan fingerprint density at radius 1 is 1.10 bits per heavy atom. The molecule has 2 aliphatic rings. The summed E-state index contributed by atoms with van der Waals surface area (Å²) in [4.78, 5) is 18.8. The predicted octanol–water partition coefficient (Wildman–Crippen LogP) is 2.81. The molecule has 4 rings (SSSR count). The van der Waals surface area contributed by atoms with Crippen LogP contribution in [0.15, 0.2) is 48.8 Å². The summed E-state index contributed by atoms with van der Waals surface area (Å²) in [6, 6.07) is 12.0. The molecular formula is C16H15N3O. The average Bonchev–Trinajstić information content (AvgIpc) is 3.33. The molecule has 1 aromatic carbocycles. The van der Waals surface area contributed by atoms with E-state index in [9.17, 15) is 4.79 Å². The molecule has 0 radical (unpaired) electrons. The van der Waals surface area contributed by atoms with Crippen molar-refractivity contribution in [3.63, 3.8) is 0 Å². The molecule has 1 saturated carbocycles. The number of fused-ring (bicyclic) bond motifs is 1. The minimum atomic E-state index is -0.0899. The van der Waals surface area contributed by atoms with Crippen molar-refractivity contribution in [2.45, 2.75) is 25.0 Å². The van der Waals surface area contributed by atoms with Gasteiger partial charge in [-0.05, 0) is 42.7 Å². The first-order valence-electron chi connectivity index (χ1n) is 6.93. The molecule has 20 heavy (non-hydrogen) atoms. The number of aromatic nitrogens is 1. The van der Waals surface area contributed by atoms with Crippen molar-refractivity contribution in [2.75, 3.05) is 5.32 Å². The zero-order valence-electron chi connectivity index (χ0n) is 11.0. The molecule has 0 saturated heterocycles.